The van der Waals surface area contributed by atoms with Gasteiger partial charge >= 0.3 is 0 Å². The van der Waals surface area contributed by atoms with Crippen LogP contribution in [-0.4, -0.2) is 18.5 Å². The fraction of sp³-hybridized carbons (Fsp3) is 0.533. The number of benzene rings is 1. The molecule has 1 aromatic carbocycles. The molecule has 1 heterocycles. The molecule has 1 aliphatic carbocycles. The smallest absolute Gasteiger partial charge is 0.221 e. The molecule has 0 radical (unpaired) electrons. The Balaban J connectivity index is 1.68. The zero-order chi connectivity index (χ0) is 12.5. The lowest BCUT2D eigenvalue weighted by Gasteiger charge is -2.19. The maximum Gasteiger partial charge on any atom is 0.221 e. The average Bonchev–Trinajstić information content (AvgIpc) is 2.96. The second kappa shape index (κ2) is 4.73. The summed E-state index contributed by atoms with van der Waals surface area (Å²) in [5.41, 5.74) is 4.38. The van der Waals surface area contributed by atoms with Crippen molar-refractivity contribution in [1.82, 2.24) is 10.6 Å². The molecule has 0 bridgehead atoms. The third-order valence-corrected chi connectivity index (χ3v) is 4.09. The van der Waals surface area contributed by atoms with E-state index in [0.717, 1.165) is 6.54 Å². The molecule has 1 saturated heterocycles. The van der Waals surface area contributed by atoms with E-state index in [1.807, 2.05) is 0 Å². The highest BCUT2D eigenvalue weighted by Crippen LogP contribution is 2.25. The summed E-state index contributed by atoms with van der Waals surface area (Å²) in [5, 5.41) is 6.40. The Morgan fingerprint density at radius 2 is 2.17 bits per heavy atom. The largest absolute Gasteiger partial charge is 0.354 e. The molecule has 1 fully saturated rings. The molecule has 1 amide bonds. The first-order valence-electron chi connectivity index (χ1n) is 6.87. The predicted molar refractivity (Wildman–Crippen MR) is 71.4 cm³/mol. The van der Waals surface area contributed by atoms with E-state index < -0.39 is 0 Å². The summed E-state index contributed by atoms with van der Waals surface area (Å²) in [6.45, 7) is 2.94. The number of hydrogen-bond acceptors (Lipinski definition) is 2. The topological polar surface area (TPSA) is 41.1 Å². The highest BCUT2D eigenvalue weighted by atomic mass is 16.1. The highest BCUT2D eigenvalue weighted by Gasteiger charge is 2.23. The lowest BCUT2D eigenvalue weighted by molar-refractivity contribution is -0.119. The van der Waals surface area contributed by atoms with E-state index in [1.54, 1.807) is 0 Å². The zero-order valence-corrected chi connectivity index (χ0v) is 10.8. The fourth-order valence-corrected chi connectivity index (χ4v) is 3.03. The van der Waals surface area contributed by atoms with Gasteiger partial charge in [0.15, 0.2) is 0 Å². The minimum Gasteiger partial charge on any atom is -0.354 e. The van der Waals surface area contributed by atoms with Crippen LogP contribution in [0.2, 0.25) is 0 Å². The van der Waals surface area contributed by atoms with Gasteiger partial charge in [-0.25, -0.2) is 0 Å². The molecule has 2 N–H and O–H groups in total. The van der Waals surface area contributed by atoms with E-state index >= 15 is 0 Å². The number of rotatable bonds is 3. The van der Waals surface area contributed by atoms with E-state index in [2.05, 4.69) is 35.8 Å². The number of hydrogen-bond donors (Lipinski definition) is 2. The van der Waals surface area contributed by atoms with Crippen molar-refractivity contribution in [2.75, 3.05) is 6.54 Å². The summed E-state index contributed by atoms with van der Waals surface area (Å²) in [6, 6.07) is 7.43. The summed E-state index contributed by atoms with van der Waals surface area (Å²) in [4.78, 5) is 11.2. The van der Waals surface area contributed by atoms with Gasteiger partial charge in [-0.15, -0.1) is 0 Å². The Morgan fingerprint density at radius 1 is 1.33 bits per heavy atom. The van der Waals surface area contributed by atoms with E-state index in [-0.39, 0.29) is 11.9 Å². The van der Waals surface area contributed by atoms with Crippen LogP contribution in [0.25, 0.3) is 0 Å². The highest BCUT2D eigenvalue weighted by molar-refractivity contribution is 5.78. The molecule has 1 aliphatic heterocycles. The summed E-state index contributed by atoms with van der Waals surface area (Å²) in [6.07, 6.45) is 4.36. The van der Waals surface area contributed by atoms with Crippen LogP contribution in [0, 0.1) is 0 Å². The molecule has 18 heavy (non-hydrogen) atoms. The third-order valence-electron chi connectivity index (χ3n) is 4.09. The Labute approximate surface area is 108 Å². The molecule has 3 heteroatoms. The predicted octanol–water partition coefficient (Wildman–Crippen LogP) is 1.71. The van der Waals surface area contributed by atoms with E-state index in [1.165, 1.54) is 36.0 Å². The van der Waals surface area contributed by atoms with Gasteiger partial charge in [-0.2, -0.15) is 0 Å². The first-order valence-corrected chi connectivity index (χ1v) is 6.87. The van der Waals surface area contributed by atoms with Gasteiger partial charge in [-0.05, 0) is 42.9 Å². The quantitative estimate of drug-likeness (QED) is 0.850. The van der Waals surface area contributed by atoms with Gasteiger partial charge < -0.3 is 10.6 Å². The number of aryl methyl sites for hydroxylation is 2. The Hall–Kier alpha value is -1.35. The number of carbonyl (C=O) groups excluding carboxylic acids is 1. The van der Waals surface area contributed by atoms with Crippen molar-refractivity contribution < 1.29 is 4.79 Å². The van der Waals surface area contributed by atoms with Crippen LogP contribution in [0.15, 0.2) is 18.2 Å². The molecule has 0 spiro atoms. The van der Waals surface area contributed by atoms with Crippen LogP contribution in [0.1, 0.15) is 42.5 Å². The molecular weight excluding hydrogens is 224 g/mol. The second-order valence-electron chi connectivity index (χ2n) is 5.48. The minimum absolute atomic E-state index is 0.161. The van der Waals surface area contributed by atoms with Gasteiger partial charge in [0.2, 0.25) is 5.91 Å². The van der Waals surface area contributed by atoms with Crippen LogP contribution in [0.3, 0.4) is 0 Å². The van der Waals surface area contributed by atoms with Crippen molar-refractivity contribution >= 4 is 5.91 Å². The average molecular weight is 244 g/mol. The van der Waals surface area contributed by atoms with E-state index in [9.17, 15) is 4.79 Å². The summed E-state index contributed by atoms with van der Waals surface area (Å²) in [7, 11) is 0. The Morgan fingerprint density at radius 3 is 2.94 bits per heavy atom. The molecule has 2 unspecified atom stereocenters. The van der Waals surface area contributed by atoms with Crippen LogP contribution in [0.5, 0.6) is 0 Å². The SMILES string of the molecule is CC(NC1CNC(=O)C1)c1ccc2c(c1)CCC2. The van der Waals surface area contributed by atoms with Crippen molar-refractivity contribution in [1.29, 1.82) is 0 Å². The normalized spacial score (nSPS) is 23.8. The molecule has 0 saturated carbocycles. The summed E-state index contributed by atoms with van der Waals surface area (Å²) in [5.74, 6) is 0.161. The van der Waals surface area contributed by atoms with E-state index in [0.29, 0.717) is 12.5 Å². The molecule has 3 rings (SSSR count). The van der Waals surface area contributed by atoms with Gasteiger partial charge in [0.25, 0.3) is 0 Å². The second-order valence-corrected chi connectivity index (χ2v) is 5.48. The maximum atomic E-state index is 11.2. The third kappa shape index (κ3) is 2.27. The number of nitrogens with one attached hydrogen (secondary N) is 2. The number of carbonyl (C=O) groups is 1. The molecular formula is C15H20N2O. The fourth-order valence-electron chi connectivity index (χ4n) is 3.03. The van der Waals surface area contributed by atoms with Crippen molar-refractivity contribution in [3.8, 4) is 0 Å². The lowest BCUT2D eigenvalue weighted by atomic mass is 10.0. The zero-order valence-electron chi connectivity index (χ0n) is 10.8. The minimum atomic E-state index is 0.161. The van der Waals surface area contributed by atoms with Crippen molar-refractivity contribution in [2.45, 2.75) is 44.7 Å². The van der Waals surface area contributed by atoms with Crippen LogP contribution >= 0.6 is 0 Å². The van der Waals surface area contributed by atoms with Gasteiger partial charge in [0.05, 0.1) is 0 Å². The van der Waals surface area contributed by atoms with Gasteiger partial charge in [0.1, 0.15) is 0 Å². The lowest BCUT2D eigenvalue weighted by Crippen LogP contribution is -2.33. The van der Waals surface area contributed by atoms with Crippen LogP contribution < -0.4 is 10.6 Å². The molecule has 2 atom stereocenters. The van der Waals surface area contributed by atoms with Crippen molar-refractivity contribution in [2.24, 2.45) is 0 Å². The number of fused-ring (bicyclic) bond motifs is 1. The van der Waals surface area contributed by atoms with Crippen LogP contribution in [-0.2, 0) is 17.6 Å². The standard InChI is InChI=1S/C15H20N2O/c1-10(17-14-8-15(18)16-9-14)12-6-5-11-3-2-4-13(11)7-12/h5-7,10,14,17H,2-4,8-9H2,1H3,(H,16,18). The Bertz CT molecular complexity index is 470. The Kier molecular flexibility index (Phi) is 3.08. The monoisotopic (exact) mass is 244 g/mol. The van der Waals surface area contributed by atoms with Crippen molar-refractivity contribution in [3.63, 3.8) is 0 Å². The first-order chi connectivity index (χ1) is 8.72. The molecule has 3 nitrogen and oxygen atoms in total. The van der Waals surface area contributed by atoms with Crippen LogP contribution in [0.4, 0.5) is 0 Å². The summed E-state index contributed by atoms with van der Waals surface area (Å²) >= 11 is 0. The molecule has 2 aliphatic rings. The summed E-state index contributed by atoms with van der Waals surface area (Å²) < 4.78 is 0. The molecule has 1 aromatic rings. The van der Waals surface area contributed by atoms with E-state index in [4.69, 9.17) is 0 Å². The number of amides is 1. The molecule has 0 aromatic heterocycles. The first kappa shape index (κ1) is 11.7. The van der Waals surface area contributed by atoms with Gasteiger partial charge in [-0.1, -0.05) is 18.2 Å². The maximum absolute atomic E-state index is 11.2. The molecule has 96 valence electrons. The van der Waals surface area contributed by atoms with Gasteiger partial charge in [0, 0.05) is 25.0 Å². The van der Waals surface area contributed by atoms with Gasteiger partial charge in [-0.3, -0.25) is 4.79 Å². The van der Waals surface area contributed by atoms with Crippen molar-refractivity contribution in [3.05, 3.63) is 34.9 Å².